The van der Waals surface area contributed by atoms with E-state index in [-0.39, 0.29) is 17.4 Å². The van der Waals surface area contributed by atoms with Crippen molar-refractivity contribution >= 4 is 44.9 Å². The summed E-state index contributed by atoms with van der Waals surface area (Å²) in [7, 11) is 0. The van der Waals surface area contributed by atoms with Crippen LogP contribution in [0.4, 0.5) is 5.82 Å². The average molecular weight is 368 g/mol. The number of hydrogen-bond donors (Lipinski definition) is 0. The summed E-state index contributed by atoms with van der Waals surface area (Å²) in [6, 6.07) is 0. The first-order chi connectivity index (χ1) is 11.4. The van der Waals surface area contributed by atoms with Crippen molar-refractivity contribution in [3.8, 4) is 0 Å². The molecule has 1 aliphatic rings. The Morgan fingerprint density at radius 2 is 2.17 bits per heavy atom. The van der Waals surface area contributed by atoms with Crippen LogP contribution in [0.1, 0.15) is 48.8 Å². The lowest BCUT2D eigenvalue weighted by atomic mass is 10.00. The van der Waals surface area contributed by atoms with E-state index in [2.05, 4.69) is 21.8 Å². The number of rotatable bonds is 3. The molecule has 5 nitrogen and oxygen atoms in total. The molecule has 1 atom stereocenters. The van der Waals surface area contributed by atoms with Crippen molar-refractivity contribution < 1.29 is 9.53 Å². The van der Waals surface area contributed by atoms with Gasteiger partial charge in [0.25, 0.3) is 0 Å². The highest BCUT2D eigenvalue weighted by Gasteiger charge is 2.26. The molecule has 0 spiro atoms. The molecule has 0 aromatic carbocycles. The van der Waals surface area contributed by atoms with Crippen molar-refractivity contribution in [1.29, 1.82) is 0 Å². The molecule has 1 aliphatic heterocycles. The minimum absolute atomic E-state index is 0.154. The molecule has 24 heavy (non-hydrogen) atoms. The summed E-state index contributed by atoms with van der Waals surface area (Å²) in [6.07, 6.45) is 2.21. The Hall–Kier alpha value is -1.40. The summed E-state index contributed by atoms with van der Waals surface area (Å²) in [5.41, 5.74) is 0.880. The van der Waals surface area contributed by atoms with Crippen LogP contribution in [0, 0.1) is 12.8 Å². The van der Waals surface area contributed by atoms with Crippen molar-refractivity contribution in [2.24, 2.45) is 5.92 Å². The largest absolute Gasteiger partial charge is 0.459 e. The monoisotopic (exact) mass is 367 g/mol. The summed E-state index contributed by atoms with van der Waals surface area (Å²) in [4.78, 5) is 24.8. The number of aromatic nitrogens is 2. The van der Waals surface area contributed by atoms with Gasteiger partial charge in [-0.2, -0.15) is 4.98 Å². The first kappa shape index (κ1) is 17.4. The lowest BCUT2D eigenvalue weighted by Gasteiger charge is -2.32. The van der Waals surface area contributed by atoms with Crippen LogP contribution in [0.3, 0.4) is 0 Å². The summed E-state index contributed by atoms with van der Waals surface area (Å²) in [6.45, 7) is 9.77. The number of carbonyl (C=O) groups is 1. The van der Waals surface area contributed by atoms with Crippen LogP contribution < -0.4 is 4.90 Å². The van der Waals surface area contributed by atoms with Crippen molar-refractivity contribution in [1.82, 2.24) is 9.97 Å². The van der Waals surface area contributed by atoms with Crippen LogP contribution in [-0.2, 0) is 4.74 Å². The van der Waals surface area contributed by atoms with Gasteiger partial charge in [-0.15, -0.1) is 11.3 Å². The Bertz CT molecular complexity index is 775. The predicted octanol–water partition coefficient (Wildman–Crippen LogP) is 4.45. The molecule has 1 saturated heterocycles. The zero-order chi connectivity index (χ0) is 17.4. The number of esters is 1. The van der Waals surface area contributed by atoms with Gasteiger partial charge in [-0.3, -0.25) is 0 Å². The molecule has 2 aromatic heterocycles. The first-order valence-electron chi connectivity index (χ1n) is 8.29. The number of carbonyl (C=O) groups excluding carboxylic acids is 1. The van der Waals surface area contributed by atoms with E-state index in [0.717, 1.165) is 41.1 Å². The minimum atomic E-state index is -0.306. The van der Waals surface area contributed by atoms with E-state index in [1.807, 2.05) is 20.8 Å². The Kier molecular flexibility index (Phi) is 4.97. The van der Waals surface area contributed by atoms with E-state index in [0.29, 0.717) is 10.8 Å². The average Bonchev–Trinajstić information content (AvgIpc) is 2.82. The zero-order valence-electron chi connectivity index (χ0n) is 14.4. The van der Waals surface area contributed by atoms with Crippen molar-refractivity contribution in [3.05, 3.63) is 15.7 Å². The van der Waals surface area contributed by atoms with Crippen LogP contribution in [0.15, 0.2) is 0 Å². The molecular weight excluding hydrogens is 346 g/mol. The summed E-state index contributed by atoms with van der Waals surface area (Å²) < 4.78 is 5.36. The van der Waals surface area contributed by atoms with Gasteiger partial charge in [-0.05, 0) is 56.7 Å². The molecule has 1 unspecified atom stereocenters. The molecule has 3 rings (SSSR count). The topological polar surface area (TPSA) is 55.3 Å². The van der Waals surface area contributed by atoms with Crippen LogP contribution >= 0.6 is 22.9 Å². The molecule has 3 heterocycles. The normalized spacial score (nSPS) is 18.4. The number of nitrogens with zero attached hydrogens (tertiary/aromatic N) is 3. The molecule has 0 saturated carbocycles. The SMILES string of the molecule is Cc1c(C(=O)OC(C)C)sc2nc(Cl)nc(N3CCCC(C)C3)c12. The maximum Gasteiger partial charge on any atom is 0.348 e. The smallest absolute Gasteiger partial charge is 0.348 e. The van der Waals surface area contributed by atoms with Crippen LogP contribution in [0.25, 0.3) is 10.2 Å². The van der Waals surface area contributed by atoms with Crippen molar-refractivity contribution in [2.75, 3.05) is 18.0 Å². The van der Waals surface area contributed by atoms with Crippen molar-refractivity contribution in [3.63, 3.8) is 0 Å². The third-order valence-corrected chi connectivity index (χ3v) is 5.56. The van der Waals surface area contributed by atoms with Crippen LogP contribution in [0.2, 0.25) is 5.28 Å². The standard InChI is InChI=1S/C17H22ClN3O2S/c1-9(2)23-16(22)13-11(4)12-14(19-17(18)20-15(12)24-13)21-7-5-6-10(3)8-21/h9-10H,5-8H2,1-4H3. The number of piperidine rings is 1. The van der Waals surface area contributed by atoms with Gasteiger partial charge in [0.05, 0.1) is 11.5 Å². The van der Waals surface area contributed by atoms with Gasteiger partial charge < -0.3 is 9.64 Å². The molecular formula is C17H22ClN3O2S. The molecule has 130 valence electrons. The number of fused-ring (bicyclic) bond motifs is 1. The van der Waals surface area contributed by atoms with Gasteiger partial charge in [-0.1, -0.05) is 6.92 Å². The first-order valence-corrected chi connectivity index (χ1v) is 9.48. The van der Waals surface area contributed by atoms with Crippen LogP contribution in [0.5, 0.6) is 0 Å². The maximum atomic E-state index is 12.4. The molecule has 7 heteroatoms. The van der Waals surface area contributed by atoms with Gasteiger partial charge in [0.15, 0.2) is 0 Å². The fraction of sp³-hybridized carbons (Fsp3) is 0.588. The molecule has 0 N–H and O–H groups in total. The van der Waals surface area contributed by atoms with E-state index < -0.39 is 0 Å². The fourth-order valence-corrected chi connectivity index (χ4v) is 4.44. The fourth-order valence-electron chi connectivity index (χ4n) is 3.17. The van der Waals surface area contributed by atoms with Gasteiger partial charge in [-0.25, -0.2) is 9.78 Å². The quantitative estimate of drug-likeness (QED) is 0.592. The van der Waals surface area contributed by atoms with Gasteiger partial charge >= 0.3 is 5.97 Å². The third kappa shape index (κ3) is 3.35. The Labute approximate surface area is 151 Å². The molecule has 2 aromatic rings. The highest BCUT2D eigenvalue weighted by Crippen LogP contribution is 2.37. The number of hydrogen-bond acceptors (Lipinski definition) is 6. The highest BCUT2D eigenvalue weighted by molar-refractivity contribution is 7.20. The summed E-state index contributed by atoms with van der Waals surface area (Å²) in [5, 5.41) is 1.15. The highest BCUT2D eigenvalue weighted by atomic mass is 35.5. The number of anilines is 1. The number of aryl methyl sites for hydroxylation is 1. The summed E-state index contributed by atoms with van der Waals surface area (Å²) >= 11 is 7.48. The molecule has 0 aliphatic carbocycles. The lowest BCUT2D eigenvalue weighted by Crippen LogP contribution is -2.35. The van der Waals surface area contributed by atoms with E-state index in [1.54, 1.807) is 0 Å². The Morgan fingerprint density at radius 3 is 2.83 bits per heavy atom. The van der Waals surface area contributed by atoms with E-state index >= 15 is 0 Å². The maximum absolute atomic E-state index is 12.4. The van der Waals surface area contributed by atoms with Crippen molar-refractivity contribution in [2.45, 2.75) is 46.6 Å². The number of halogens is 1. The van der Waals surface area contributed by atoms with Gasteiger partial charge in [0, 0.05) is 13.1 Å². The number of thiophene rings is 1. The Balaban J connectivity index is 2.09. The second-order valence-corrected chi connectivity index (χ2v) is 8.04. The van der Waals surface area contributed by atoms with E-state index in [9.17, 15) is 4.79 Å². The third-order valence-electron chi connectivity index (χ3n) is 4.23. The molecule has 1 fully saturated rings. The second kappa shape index (κ2) is 6.84. The molecule has 0 radical (unpaired) electrons. The minimum Gasteiger partial charge on any atom is -0.459 e. The predicted molar refractivity (Wildman–Crippen MR) is 98.3 cm³/mol. The Morgan fingerprint density at radius 1 is 1.42 bits per heavy atom. The van der Waals surface area contributed by atoms with Crippen LogP contribution in [-0.4, -0.2) is 35.1 Å². The summed E-state index contributed by atoms with van der Waals surface area (Å²) in [5.74, 6) is 1.15. The van der Waals surface area contributed by atoms with Gasteiger partial charge in [0.1, 0.15) is 15.5 Å². The van der Waals surface area contributed by atoms with Gasteiger partial charge in [0.2, 0.25) is 5.28 Å². The lowest BCUT2D eigenvalue weighted by molar-refractivity contribution is 0.0383. The second-order valence-electron chi connectivity index (χ2n) is 6.70. The molecule has 0 bridgehead atoms. The van der Waals surface area contributed by atoms with E-state index in [1.165, 1.54) is 17.8 Å². The number of ether oxygens (including phenoxy) is 1. The van der Waals surface area contributed by atoms with E-state index in [4.69, 9.17) is 16.3 Å². The zero-order valence-corrected chi connectivity index (χ0v) is 16.0. The molecule has 0 amide bonds.